The van der Waals surface area contributed by atoms with Gasteiger partial charge >= 0.3 is 6.18 Å². The predicted octanol–water partition coefficient (Wildman–Crippen LogP) is 3.37. The van der Waals surface area contributed by atoms with Crippen molar-refractivity contribution in [1.82, 2.24) is 4.98 Å². The van der Waals surface area contributed by atoms with Gasteiger partial charge in [0.05, 0.1) is 5.56 Å². The summed E-state index contributed by atoms with van der Waals surface area (Å²) in [6.45, 7) is 2.50. The van der Waals surface area contributed by atoms with Gasteiger partial charge in [0.15, 0.2) is 11.5 Å². The molecule has 2 N–H and O–H groups in total. The van der Waals surface area contributed by atoms with Crippen LogP contribution in [0.5, 0.6) is 0 Å². The number of aromatic nitrogens is 1. The van der Waals surface area contributed by atoms with Crippen LogP contribution in [0.2, 0.25) is 0 Å². The van der Waals surface area contributed by atoms with Crippen LogP contribution in [0.4, 0.5) is 13.2 Å². The highest BCUT2D eigenvalue weighted by atomic mass is 19.4. The topological polar surface area (TPSA) is 52.0 Å². The van der Waals surface area contributed by atoms with E-state index in [0.717, 1.165) is 18.6 Å². The molecule has 6 heteroatoms. The summed E-state index contributed by atoms with van der Waals surface area (Å²) in [6, 6.07) is 3.31. The fourth-order valence-corrected chi connectivity index (χ4v) is 1.88. The normalized spacial score (nSPS) is 13.9. The first-order chi connectivity index (χ1) is 8.94. The number of benzene rings is 1. The predicted molar refractivity (Wildman–Crippen MR) is 65.6 cm³/mol. The zero-order chi connectivity index (χ0) is 14.0. The maximum Gasteiger partial charge on any atom is 0.416 e. The summed E-state index contributed by atoms with van der Waals surface area (Å²) in [4.78, 5) is 4.10. The van der Waals surface area contributed by atoms with Crippen molar-refractivity contribution < 1.29 is 17.6 Å². The Kier molecular flexibility index (Phi) is 3.80. The van der Waals surface area contributed by atoms with Crippen molar-refractivity contribution in [1.29, 1.82) is 0 Å². The maximum absolute atomic E-state index is 12.6. The lowest BCUT2D eigenvalue weighted by atomic mass is 10.0. The van der Waals surface area contributed by atoms with Crippen LogP contribution in [-0.2, 0) is 12.6 Å². The molecule has 1 unspecified atom stereocenters. The van der Waals surface area contributed by atoms with Crippen molar-refractivity contribution >= 4 is 11.1 Å². The summed E-state index contributed by atoms with van der Waals surface area (Å²) in [5.41, 5.74) is 5.47. The third kappa shape index (κ3) is 3.07. The molecular formula is C13H15F3N2O. The van der Waals surface area contributed by atoms with E-state index < -0.39 is 11.7 Å². The van der Waals surface area contributed by atoms with Gasteiger partial charge in [-0.15, -0.1) is 0 Å². The zero-order valence-corrected chi connectivity index (χ0v) is 10.5. The second-order valence-electron chi connectivity index (χ2n) is 4.50. The second-order valence-corrected chi connectivity index (χ2v) is 4.50. The Hall–Kier alpha value is -1.56. The average Bonchev–Trinajstić information content (AvgIpc) is 2.76. The maximum atomic E-state index is 12.6. The summed E-state index contributed by atoms with van der Waals surface area (Å²) in [7, 11) is 0. The van der Waals surface area contributed by atoms with Gasteiger partial charge in [-0.05, 0) is 30.7 Å². The molecule has 2 rings (SSSR count). The van der Waals surface area contributed by atoms with E-state index in [2.05, 4.69) is 4.98 Å². The summed E-state index contributed by atoms with van der Waals surface area (Å²) >= 11 is 0. The highest BCUT2D eigenvalue weighted by Gasteiger charge is 2.31. The first-order valence-corrected chi connectivity index (χ1v) is 6.10. The summed E-state index contributed by atoms with van der Waals surface area (Å²) < 4.78 is 43.1. The Morgan fingerprint density at radius 2 is 2.11 bits per heavy atom. The molecule has 0 saturated heterocycles. The molecular weight excluding hydrogens is 257 g/mol. The largest absolute Gasteiger partial charge is 0.441 e. The number of fused-ring (bicyclic) bond motifs is 1. The van der Waals surface area contributed by atoms with Crippen LogP contribution >= 0.6 is 0 Å². The second kappa shape index (κ2) is 5.21. The molecule has 104 valence electrons. The lowest BCUT2D eigenvalue weighted by molar-refractivity contribution is -0.137. The van der Waals surface area contributed by atoms with Gasteiger partial charge < -0.3 is 10.2 Å². The smallest absolute Gasteiger partial charge is 0.416 e. The van der Waals surface area contributed by atoms with E-state index in [9.17, 15) is 13.2 Å². The number of nitrogens with zero attached hydrogens (tertiary/aromatic N) is 1. The third-order valence-corrected chi connectivity index (χ3v) is 3.13. The number of alkyl halides is 3. The summed E-state index contributed by atoms with van der Waals surface area (Å²) in [5.74, 6) is 0.668. The van der Waals surface area contributed by atoms with Crippen LogP contribution in [0.1, 0.15) is 24.8 Å². The molecule has 1 aromatic heterocycles. The molecule has 2 aromatic rings. The van der Waals surface area contributed by atoms with Crippen molar-refractivity contribution in [2.24, 2.45) is 11.7 Å². The van der Waals surface area contributed by atoms with Crippen molar-refractivity contribution in [2.75, 3.05) is 6.54 Å². The van der Waals surface area contributed by atoms with Crippen LogP contribution in [0, 0.1) is 5.92 Å². The lowest BCUT2D eigenvalue weighted by Gasteiger charge is -2.07. The SMILES string of the molecule is CCC(CN)Cc1nc2cc(C(F)(F)F)ccc2o1. The molecule has 1 atom stereocenters. The van der Waals surface area contributed by atoms with Gasteiger partial charge in [0, 0.05) is 6.42 Å². The van der Waals surface area contributed by atoms with Crippen LogP contribution < -0.4 is 5.73 Å². The van der Waals surface area contributed by atoms with E-state index >= 15 is 0 Å². The number of nitrogens with two attached hydrogens (primary N) is 1. The molecule has 0 radical (unpaired) electrons. The molecule has 0 bridgehead atoms. The van der Waals surface area contributed by atoms with Crippen LogP contribution in [0.3, 0.4) is 0 Å². The number of halogens is 3. The first kappa shape index (κ1) is 13.9. The van der Waals surface area contributed by atoms with Gasteiger partial charge in [0.25, 0.3) is 0 Å². The molecule has 0 amide bonds. The monoisotopic (exact) mass is 272 g/mol. The third-order valence-electron chi connectivity index (χ3n) is 3.13. The Morgan fingerprint density at radius 1 is 1.37 bits per heavy atom. The Morgan fingerprint density at radius 3 is 2.68 bits per heavy atom. The van der Waals surface area contributed by atoms with Crippen molar-refractivity contribution in [3.8, 4) is 0 Å². The van der Waals surface area contributed by atoms with E-state index in [1.165, 1.54) is 6.07 Å². The molecule has 1 heterocycles. The molecule has 0 fully saturated rings. The fourth-order valence-electron chi connectivity index (χ4n) is 1.88. The molecule has 1 aromatic carbocycles. The number of rotatable bonds is 4. The molecule has 0 aliphatic heterocycles. The summed E-state index contributed by atoms with van der Waals surface area (Å²) in [6.07, 6.45) is -2.94. The van der Waals surface area contributed by atoms with Gasteiger partial charge in [0.1, 0.15) is 5.52 Å². The molecule has 0 spiro atoms. The highest BCUT2D eigenvalue weighted by Crippen LogP contribution is 2.31. The number of hydrogen-bond donors (Lipinski definition) is 1. The first-order valence-electron chi connectivity index (χ1n) is 6.10. The Bertz CT molecular complexity index is 559. The van der Waals surface area contributed by atoms with Gasteiger partial charge in [0.2, 0.25) is 0 Å². The molecule has 19 heavy (non-hydrogen) atoms. The lowest BCUT2D eigenvalue weighted by Crippen LogP contribution is -2.15. The van der Waals surface area contributed by atoms with Gasteiger partial charge in [-0.3, -0.25) is 0 Å². The number of oxazole rings is 1. The minimum atomic E-state index is -4.36. The number of hydrogen-bond acceptors (Lipinski definition) is 3. The molecule has 3 nitrogen and oxygen atoms in total. The van der Waals surface area contributed by atoms with Crippen molar-refractivity contribution in [3.05, 3.63) is 29.7 Å². The van der Waals surface area contributed by atoms with Crippen molar-refractivity contribution in [2.45, 2.75) is 25.9 Å². The molecule has 0 aliphatic rings. The van der Waals surface area contributed by atoms with E-state index in [1.807, 2.05) is 6.92 Å². The standard InChI is InChI=1S/C13H15F3N2O/c1-2-8(7-17)5-12-18-10-6-9(13(14,15)16)3-4-11(10)19-12/h3-4,6,8H,2,5,7,17H2,1H3. The van der Waals surface area contributed by atoms with Gasteiger partial charge in [-0.2, -0.15) is 13.2 Å². The van der Waals surface area contributed by atoms with E-state index in [-0.39, 0.29) is 11.4 Å². The Balaban J connectivity index is 2.30. The van der Waals surface area contributed by atoms with Crippen LogP contribution in [0.25, 0.3) is 11.1 Å². The average molecular weight is 272 g/mol. The van der Waals surface area contributed by atoms with Crippen LogP contribution in [-0.4, -0.2) is 11.5 Å². The van der Waals surface area contributed by atoms with E-state index in [0.29, 0.717) is 24.4 Å². The Labute approximate surface area is 108 Å². The molecule has 0 saturated carbocycles. The van der Waals surface area contributed by atoms with E-state index in [1.54, 1.807) is 0 Å². The quantitative estimate of drug-likeness (QED) is 0.928. The van der Waals surface area contributed by atoms with Crippen molar-refractivity contribution in [3.63, 3.8) is 0 Å². The van der Waals surface area contributed by atoms with Gasteiger partial charge in [-0.1, -0.05) is 13.3 Å². The van der Waals surface area contributed by atoms with Crippen LogP contribution in [0.15, 0.2) is 22.6 Å². The minimum absolute atomic E-state index is 0.232. The minimum Gasteiger partial charge on any atom is -0.441 e. The van der Waals surface area contributed by atoms with E-state index in [4.69, 9.17) is 10.2 Å². The fraction of sp³-hybridized carbons (Fsp3) is 0.462. The van der Waals surface area contributed by atoms with Gasteiger partial charge in [-0.25, -0.2) is 4.98 Å². The zero-order valence-electron chi connectivity index (χ0n) is 10.5. The summed E-state index contributed by atoms with van der Waals surface area (Å²) in [5, 5.41) is 0. The molecule has 0 aliphatic carbocycles. The highest BCUT2D eigenvalue weighted by molar-refractivity contribution is 5.73.